The highest BCUT2D eigenvalue weighted by Crippen LogP contribution is 2.33. The first-order valence-electron chi connectivity index (χ1n) is 20.0. The summed E-state index contributed by atoms with van der Waals surface area (Å²) in [6, 6.07) is 38.8. The van der Waals surface area contributed by atoms with Crippen LogP contribution in [0.1, 0.15) is 69.7 Å². The predicted molar refractivity (Wildman–Crippen MR) is 218 cm³/mol. The molecule has 1 aliphatic rings. The molecule has 0 aliphatic carbocycles. The third kappa shape index (κ3) is 14.4. The van der Waals surface area contributed by atoms with Gasteiger partial charge in [0.2, 0.25) is 0 Å². The van der Waals surface area contributed by atoms with Crippen LogP contribution in [0.25, 0.3) is 0 Å². The molecule has 10 nitrogen and oxygen atoms in total. The first-order valence-corrected chi connectivity index (χ1v) is 20.0. The van der Waals surface area contributed by atoms with E-state index >= 15 is 0 Å². The van der Waals surface area contributed by atoms with E-state index in [2.05, 4.69) is 17.4 Å². The van der Waals surface area contributed by atoms with Gasteiger partial charge in [0.15, 0.2) is 6.04 Å². The lowest BCUT2D eigenvalue weighted by Crippen LogP contribution is -2.61. The van der Waals surface area contributed by atoms with Crippen molar-refractivity contribution in [1.82, 2.24) is 5.32 Å². The van der Waals surface area contributed by atoms with Crippen LogP contribution in [0.2, 0.25) is 0 Å². The first kappa shape index (κ1) is 43.5. The van der Waals surface area contributed by atoms with E-state index in [1.807, 2.05) is 116 Å². The fourth-order valence-electron chi connectivity index (χ4n) is 6.86. The van der Waals surface area contributed by atoms with Crippen molar-refractivity contribution in [1.29, 1.82) is 0 Å². The Morgan fingerprint density at radius 1 is 0.684 bits per heavy atom. The van der Waals surface area contributed by atoms with E-state index < -0.39 is 60.3 Å². The zero-order valence-corrected chi connectivity index (χ0v) is 33.9. The quantitative estimate of drug-likeness (QED) is 0.0699. The molecule has 1 amide bonds. The predicted octanol–water partition coefficient (Wildman–Crippen LogP) is 8.39. The van der Waals surface area contributed by atoms with E-state index in [1.54, 1.807) is 27.7 Å². The Labute approximate surface area is 338 Å². The van der Waals surface area contributed by atoms with Gasteiger partial charge in [-0.25, -0.2) is 9.59 Å². The molecule has 0 saturated carbocycles. The number of hydrogen-bond acceptors (Lipinski definition) is 9. The normalized spacial score (nSPS) is 20.6. The van der Waals surface area contributed by atoms with Crippen molar-refractivity contribution in [3.8, 4) is 0 Å². The SMILES string of the molecule is CCOC(=O)[C@@H](NC(=O)OC(C)(C)C)[C@H](C[C@@H]1O[C@@H](C)[C@@H](OCc2ccccc2)[C@@H](OCc2ccccc2)[C@@H]1OCc1ccccc1)OCCCc1ccccc1. The summed E-state index contributed by atoms with van der Waals surface area (Å²) >= 11 is 0. The van der Waals surface area contributed by atoms with Crippen LogP contribution in [0.4, 0.5) is 4.79 Å². The van der Waals surface area contributed by atoms with Crippen LogP contribution in [-0.4, -0.2) is 73.5 Å². The molecule has 5 rings (SSSR count). The van der Waals surface area contributed by atoms with E-state index in [9.17, 15) is 9.59 Å². The maximum atomic E-state index is 13.7. The molecule has 0 aromatic heterocycles. The fourth-order valence-corrected chi connectivity index (χ4v) is 6.86. The summed E-state index contributed by atoms with van der Waals surface area (Å²) in [4.78, 5) is 27.0. The molecule has 57 heavy (non-hydrogen) atoms. The van der Waals surface area contributed by atoms with E-state index in [-0.39, 0.29) is 19.6 Å². The lowest BCUT2D eigenvalue weighted by molar-refractivity contribution is -0.266. The Morgan fingerprint density at radius 2 is 1.16 bits per heavy atom. The Hall–Kier alpha value is -4.58. The van der Waals surface area contributed by atoms with Crippen molar-refractivity contribution in [2.45, 2.75) is 122 Å². The second-order valence-corrected chi connectivity index (χ2v) is 15.3. The van der Waals surface area contributed by atoms with Gasteiger partial charge in [0, 0.05) is 13.0 Å². The van der Waals surface area contributed by atoms with Gasteiger partial charge in [-0.15, -0.1) is 0 Å². The summed E-state index contributed by atoms with van der Waals surface area (Å²) in [7, 11) is 0. The molecule has 0 bridgehead atoms. The van der Waals surface area contributed by atoms with Crippen LogP contribution in [0.3, 0.4) is 0 Å². The van der Waals surface area contributed by atoms with Crippen LogP contribution >= 0.6 is 0 Å². The van der Waals surface area contributed by atoms with Crippen LogP contribution < -0.4 is 5.32 Å². The zero-order chi connectivity index (χ0) is 40.5. The second kappa shape index (κ2) is 22.4. The van der Waals surface area contributed by atoms with E-state index in [4.69, 9.17) is 33.2 Å². The number of carbonyl (C=O) groups is 2. The molecule has 1 saturated heterocycles. The highest BCUT2D eigenvalue weighted by Gasteiger charge is 2.49. The average Bonchev–Trinajstić information content (AvgIpc) is 3.20. The van der Waals surface area contributed by atoms with Crippen LogP contribution in [-0.2, 0) is 64.2 Å². The second-order valence-electron chi connectivity index (χ2n) is 15.3. The minimum absolute atomic E-state index is 0.113. The number of alkyl carbamates (subject to hydrolysis) is 1. The Balaban J connectivity index is 1.48. The molecule has 10 heteroatoms. The van der Waals surface area contributed by atoms with Crippen molar-refractivity contribution in [2.24, 2.45) is 0 Å². The van der Waals surface area contributed by atoms with Crippen LogP contribution in [0.5, 0.6) is 0 Å². The lowest BCUT2D eigenvalue weighted by atomic mass is 9.90. The number of benzene rings is 4. The molecule has 0 unspecified atom stereocenters. The summed E-state index contributed by atoms with van der Waals surface area (Å²) in [5, 5.41) is 2.78. The third-order valence-corrected chi connectivity index (χ3v) is 9.56. The van der Waals surface area contributed by atoms with E-state index in [1.165, 1.54) is 5.56 Å². The molecule has 1 aliphatic heterocycles. The molecular formula is C47H59NO9. The molecule has 1 N–H and O–H groups in total. The molecule has 0 radical (unpaired) electrons. The average molecular weight is 782 g/mol. The molecule has 1 heterocycles. The van der Waals surface area contributed by atoms with Crippen LogP contribution in [0, 0.1) is 0 Å². The molecule has 1 fully saturated rings. The van der Waals surface area contributed by atoms with Gasteiger partial charge < -0.3 is 38.5 Å². The van der Waals surface area contributed by atoms with Crippen molar-refractivity contribution >= 4 is 12.1 Å². The Bertz CT molecular complexity index is 1740. The van der Waals surface area contributed by atoms with Gasteiger partial charge in [0.05, 0.1) is 44.7 Å². The number of esters is 1. The van der Waals surface area contributed by atoms with Crippen molar-refractivity contribution in [2.75, 3.05) is 13.2 Å². The number of hydrogen-bond donors (Lipinski definition) is 1. The largest absolute Gasteiger partial charge is 0.464 e. The maximum absolute atomic E-state index is 13.7. The number of nitrogens with one attached hydrogen (secondary N) is 1. The van der Waals surface area contributed by atoms with Gasteiger partial charge in [-0.05, 0) is 69.7 Å². The molecule has 4 aromatic rings. The van der Waals surface area contributed by atoms with Gasteiger partial charge in [0.25, 0.3) is 0 Å². The van der Waals surface area contributed by atoms with Gasteiger partial charge in [-0.3, -0.25) is 0 Å². The van der Waals surface area contributed by atoms with Gasteiger partial charge >= 0.3 is 12.1 Å². The number of amides is 1. The number of carbonyl (C=O) groups excluding carboxylic acids is 2. The molecule has 4 aromatic carbocycles. The van der Waals surface area contributed by atoms with Crippen molar-refractivity contribution in [3.05, 3.63) is 144 Å². The monoisotopic (exact) mass is 781 g/mol. The molecule has 7 atom stereocenters. The maximum Gasteiger partial charge on any atom is 0.408 e. The summed E-state index contributed by atoms with van der Waals surface area (Å²) in [6.45, 7) is 10.3. The number of aryl methyl sites for hydroxylation is 1. The van der Waals surface area contributed by atoms with Gasteiger partial charge in [-0.2, -0.15) is 0 Å². The summed E-state index contributed by atoms with van der Waals surface area (Å²) in [5.41, 5.74) is 3.37. The molecule has 0 spiro atoms. The third-order valence-electron chi connectivity index (χ3n) is 9.56. The van der Waals surface area contributed by atoms with Gasteiger partial charge in [-0.1, -0.05) is 121 Å². The van der Waals surface area contributed by atoms with Crippen LogP contribution in [0.15, 0.2) is 121 Å². The Kier molecular flexibility index (Phi) is 17.1. The highest BCUT2D eigenvalue weighted by atomic mass is 16.6. The van der Waals surface area contributed by atoms with E-state index in [0.29, 0.717) is 26.2 Å². The Morgan fingerprint density at radius 3 is 1.65 bits per heavy atom. The summed E-state index contributed by atoms with van der Waals surface area (Å²) < 4.78 is 44.9. The van der Waals surface area contributed by atoms with Crippen molar-refractivity contribution in [3.63, 3.8) is 0 Å². The summed E-state index contributed by atoms with van der Waals surface area (Å²) in [5.74, 6) is -0.636. The minimum atomic E-state index is -1.21. The molecular weight excluding hydrogens is 723 g/mol. The van der Waals surface area contributed by atoms with Gasteiger partial charge in [0.1, 0.15) is 23.9 Å². The lowest BCUT2D eigenvalue weighted by Gasteiger charge is -2.46. The van der Waals surface area contributed by atoms with E-state index in [0.717, 1.165) is 23.1 Å². The first-order chi connectivity index (χ1) is 27.6. The standard InChI is InChI=1S/C47H59NO9/c1-6-51-45(49)41(48-46(50)57-47(3,4)5)39(52-29-19-28-35-20-11-7-12-21-35)30-40-43(54-32-37-24-15-9-16-25-37)44(55-33-38-26-17-10-18-27-38)42(34(2)56-40)53-31-36-22-13-8-14-23-36/h7-18,20-27,34,39-44H,6,19,28-33H2,1-5H3,(H,48,50)/t34-,39-,40-,41-,42+,43+,44+/m0/s1. The highest BCUT2D eigenvalue weighted by molar-refractivity contribution is 5.82. The summed E-state index contributed by atoms with van der Waals surface area (Å²) in [6.07, 6.45) is -2.93. The fraction of sp³-hybridized carbons (Fsp3) is 0.447. The zero-order valence-electron chi connectivity index (χ0n) is 33.9. The minimum Gasteiger partial charge on any atom is -0.464 e. The molecule has 306 valence electrons. The van der Waals surface area contributed by atoms with Crippen molar-refractivity contribution < 1.29 is 42.7 Å². The smallest absolute Gasteiger partial charge is 0.408 e. The number of ether oxygens (including phenoxy) is 7. The number of rotatable bonds is 20. The topological polar surface area (TPSA) is 111 Å².